The number of nitrogens with zero attached hydrogens (tertiary/aromatic N) is 2. The van der Waals surface area contributed by atoms with Crippen molar-refractivity contribution in [3.05, 3.63) is 29.8 Å². The van der Waals surface area contributed by atoms with Crippen molar-refractivity contribution in [3.8, 4) is 0 Å². The van der Waals surface area contributed by atoms with Crippen molar-refractivity contribution < 1.29 is 4.79 Å². The summed E-state index contributed by atoms with van der Waals surface area (Å²) >= 11 is 0. The number of nitrogens with two attached hydrogens (primary N) is 1. The summed E-state index contributed by atoms with van der Waals surface area (Å²) in [5, 5.41) is 0. The van der Waals surface area contributed by atoms with Gasteiger partial charge in [0.05, 0.1) is 6.54 Å². The van der Waals surface area contributed by atoms with E-state index in [9.17, 15) is 4.79 Å². The van der Waals surface area contributed by atoms with Crippen LogP contribution in [0, 0.1) is 0 Å². The number of likely N-dealkylation sites (N-methyl/N-ethyl adjacent to an activating group) is 1. The second-order valence-corrected chi connectivity index (χ2v) is 5.71. The minimum Gasteiger partial charge on any atom is -0.360 e. The number of benzene rings is 1. The number of fused-ring (bicyclic) bond motifs is 1. The van der Waals surface area contributed by atoms with E-state index >= 15 is 0 Å². The first kappa shape index (κ1) is 12.5. The third-order valence-electron chi connectivity index (χ3n) is 4.08. The van der Waals surface area contributed by atoms with Crippen molar-refractivity contribution in [1.29, 1.82) is 0 Å². The fraction of sp³-hybridized carbons (Fsp3) is 0.533. The molecule has 1 heterocycles. The maximum atomic E-state index is 12.3. The molecule has 2 N–H and O–H groups in total. The summed E-state index contributed by atoms with van der Waals surface area (Å²) in [6.07, 6.45) is 3.20. The predicted molar refractivity (Wildman–Crippen MR) is 76.1 cm³/mol. The van der Waals surface area contributed by atoms with Gasteiger partial charge in [0.2, 0.25) is 5.91 Å². The number of amides is 1. The zero-order chi connectivity index (χ0) is 13.4. The van der Waals surface area contributed by atoms with Gasteiger partial charge in [0.1, 0.15) is 0 Å². The third kappa shape index (κ3) is 2.59. The smallest absolute Gasteiger partial charge is 0.242 e. The van der Waals surface area contributed by atoms with E-state index in [2.05, 4.69) is 17.0 Å². The third-order valence-corrected chi connectivity index (χ3v) is 4.08. The van der Waals surface area contributed by atoms with Crippen LogP contribution in [0.5, 0.6) is 0 Å². The lowest BCUT2D eigenvalue weighted by atomic mass is 9.98. The molecule has 1 fully saturated rings. The van der Waals surface area contributed by atoms with Gasteiger partial charge < -0.3 is 15.5 Å². The van der Waals surface area contributed by atoms with Gasteiger partial charge in [-0.25, -0.2) is 0 Å². The van der Waals surface area contributed by atoms with Crippen molar-refractivity contribution in [2.24, 2.45) is 5.73 Å². The minimum atomic E-state index is 0.119. The molecule has 3 rings (SSSR count). The van der Waals surface area contributed by atoms with Crippen LogP contribution >= 0.6 is 0 Å². The van der Waals surface area contributed by atoms with Crippen molar-refractivity contribution in [3.63, 3.8) is 0 Å². The Balaban J connectivity index is 1.75. The molecule has 0 aromatic heterocycles. The highest BCUT2D eigenvalue weighted by Gasteiger charge is 2.31. The van der Waals surface area contributed by atoms with Crippen LogP contribution in [-0.4, -0.2) is 43.0 Å². The minimum absolute atomic E-state index is 0.119. The molecule has 1 unspecified atom stereocenters. The molecule has 0 saturated heterocycles. The Labute approximate surface area is 114 Å². The summed E-state index contributed by atoms with van der Waals surface area (Å²) in [4.78, 5) is 16.3. The number of carbonyl (C=O) groups is 1. The largest absolute Gasteiger partial charge is 0.360 e. The molecule has 0 bridgehead atoms. The Hall–Kier alpha value is -1.55. The average Bonchev–Trinajstić information content (AvgIpc) is 3.21. The highest BCUT2D eigenvalue weighted by molar-refractivity contribution is 5.82. The number of para-hydroxylation sites is 1. The van der Waals surface area contributed by atoms with E-state index in [1.807, 2.05) is 24.1 Å². The molecule has 4 heteroatoms. The van der Waals surface area contributed by atoms with Crippen LogP contribution in [-0.2, 0) is 11.2 Å². The molecule has 1 amide bonds. The lowest BCUT2D eigenvalue weighted by Crippen LogP contribution is -2.48. The van der Waals surface area contributed by atoms with Crippen molar-refractivity contribution in [2.45, 2.75) is 31.3 Å². The van der Waals surface area contributed by atoms with Crippen LogP contribution in [0.1, 0.15) is 18.4 Å². The van der Waals surface area contributed by atoms with Gasteiger partial charge in [0.15, 0.2) is 0 Å². The highest BCUT2D eigenvalue weighted by atomic mass is 16.2. The first-order chi connectivity index (χ1) is 9.15. The lowest BCUT2D eigenvalue weighted by molar-refractivity contribution is -0.128. The molecule has 19 heavy (non-hydrogen) atoms. The molecule has 1 saturated carbocycles. The van der Waals surface area contributed by atoms with Gasteiger partial charge in [-0.3, -0.25) is 4.79 Å². The first-order valence-corrected chi connectivity index (χ1v) is 6.99. The number of hydrogen-bond acceptors (Lipinski definition) is 3. The number of hydrogen-bond donors (Lipinski definition) is 1. The molecule has 0 radical (unpaired) electrons. The quantitative estimate of drug-likeness (QED) is 0.881. The van der Waals surface area contributed by atoms with E-state index in [4.69, 9.17) is 5.73 Å². The van der Waals surface area contributed by atoms with Gasteiger partial charge in [-0.1, -0.05) is 18.2 Å². The van der Waals surface area contributed by atoms with Crippen LogP contribution in [0.2, 0.25) is 0 Å². The summed E-state index contributed by atoms with van der Waals surface area (Å²) in [5.74, 6) is 0.200. The van der Waals surface area contributed by atoms with Gasteiger partial charge in [-0.05, 0) is 30.9 Å². The van der Waals surface area contributed by atoms with E-state index < -0.39 is 0 Å². The van der Waals surface area contributed by atoms with Crippen molar-refractivity contribution >= 4 is 11.6 Å². The summed E-state index contributed by atoms with van der Waals surface area (Å²) in [7, 11) is 1.91. The standard InChI is InChI=1S/C15H21N3O/c1-17(13-6-7-13)15(19)10-18-9-12(16)8-11-4-2-3-5-14(11)18/h2-5,12-13H,6-10,16H2,1H3. The summed E-state index contributed by atoms with van der Waals surface area (Å²) in [6, 6.07) is 8.85. The Morgan fingerprint density at radius 3 is 2.89 bits per heavy atom. The molecule has 4 nitrogen and oxygen atoms in total. The molecule has 0 spiro atoms. The van der Waals surface area contributed by atoms with Crippen LogP contribution in [0.25, 0.3) is 0 Å². The molecule has 1 aromatic rings. The summed E-state index contributed by atoms with van der Waals surface area (Å²) in [5.41, 5.74) is 8.52. The topological polar surface area (TPSA) is 49.6 Å². The Morgan fingerprint density at radius 2 is 2.16 bits per heavy atom. The Bertz CT molecular complexity index is 484. The molecule has 1 aromatic carbocycles. The number of anilines is 1. The van der Waals surface area contributed by atoms with Gasteiger partial charge in [-0.15, -0.1) is 0 Å². The molecule has 2 aliphatic rings. The summed E-state index contributed by atoms with van der Waals surface area (Å²) < 4.78 is 0. The first-order valence-electron chi connectivity index (χ1n) is 6.99. The van der Waals surface area contributed by atoms with Gasteiger partial charge in [-0.2, -0.15) is 0 Å². The van der Waals surface area contributed by atoms with Gasteiger partial charge >= 0.3 is 0 Å². The second-order valence-electron chi connectivity index (χ2n) is 5.71. The monoisotopic (exact) mass is 259 g/mol. The maximum Gasteiger partial charge on any atom is 0.242 e. The summed E-state index contributed by atoms with van der Waals surface area (Å²) in [6.45, 7) is 1.21. The van der Waals surface area contributed by atoms with Crippen LogP contribution < -0.4 is 10.6 Å². The van der Waals surface area contributed by atoms with E-state index in [1.165, 1.54) is 11.3 Å². The molecule has 102 valence electrons. The van der Waals surface area contributed by atoms with Crippen LogP contribution in [0.15, 0.2) is 24.3 Å². The zero-order valence-electron chi connectivity index (χ0n) is 11.4. The number of rotatable bonds is 3. The fourth-order valence-electron chi connectivity index (χ4n) is 2.81. The Morgan fingerprint density at radius 1 is 1.42 bits per heavy atom. The Kier molecular flexibility index (Phi) is 3.19. The van der Waals surface area contributed by atoms with Crippen molar-refractivity contribution in [2.75, 3.05) is 25.0 Å². The fourth-order valence-corrected chi connectivity index (χ4v) is 2.81. The van der Waals surface area contributed by atoms with E-state index in [-0.39, 0.29) is 11.9 Å². The van der Waals surface area contributed by atoms with Crippen LogP contribution in [0.3, 0.4) is 0 Å². The van der Waals surface area contributed by atoms with Gasteiger partial charge in [0.25, 0.3) is 0 Å². The van der Waals surface area contributed by atoms with E-state index in [0.29, 0.717) is 12.6 Å². The maximum absolute atomic E-state index is 12.3. The second kappa shape index (κ2) is 4.85. The van der Waals surface area contributed by atoms with Crippen LogP contribution in [0.4, 0.5) is 5.69 Å². The van der Waals surface area contributed by atoms with Crippen molar-refractivity contribution in [1.82, 2.24) is 4.90 Å². The molecular weight excluding hydrogens is 238 g/mol. The lowest BCUT2D eigenvalue weighted by Gasteiger charge is -2.35. The SMILES string of the molecule is CN(C(=O)CN1CC(N)Cc2ccccc21)C1CC1. The molecule has 1 atom stereocenters. The molecule has 1 aliphatic heterocycles. The molecular formula is C15H21N3O. The van der Waals surface area contributed by atoms with E-state index in [1.54, 1.807) is 0 Å². The number of carbonyl (C=O) groups excluding carboxylic acids is 1. The van der Waals surface area contributed by atoms with E-state index in [0.717, 1.165) is 25.8 Å². The van der Waals surface area contributed by atoms with Gasteiger partial charge in [0, 0.05) is 31.4 Å². The predicted octanol–water partition coefficient (Wildman–Crippen LogP) is 0.997. The highest BCUT2D eigenvalue weighted by Crippen LogP contribution is 2.28. The normalized spacial score (nSPS) is 22.0. The zero-order valence-corrected chi connectivity index (χ0v) is 11.4. The average molecular weight is 259 g/mol. The molecule has 1 aliphatic carbocycles.